The molecule has 2 aromatic rings. The molecule has 1 aromatic carbocycles. The van der Waals surface area contributed by atoms with Gasteiger partial charge in [0.1, 0.15) is 23.4 Å². The Morgan fingerprint density at radius 2 is 2.14 bits per heavy atom. The largest absolute Gasteiger partial charge is 0.330 e. The number of benzene rings is 1. The average Bonchev–Trinajstić information content (AvgIpc) is 2.67. The molecule has 0 fully saturated rings. The maximum Gasteiger partial charge on any atom is 0.141 e. The fourth-order valence-electron chi connectivity index (χ4n) is 1.17. The van der Waals surface area contributed by atoms with Crippen LogP contribution < -0.4 is 0 Å². The molecule has 0 amide bonds. The molecule has 0 aliphatic heterocycles. The minimum Gasteiger partial charge on any atom is -0.330 e. The maximum absolute atomic E-state index is 13.2. The number of nitrogens with zero attached hydrogens (tertiary/aromatic N) is 2. The highest BCUT2D eigenvalue weighted by atomic mass is 19.1. The second-order valence-corrected chi connectivity index (χ2v) is 2.74. The van der Waals surface area contributed by atoms with Gasteiger partial charge < -0.3 is 4.98 Å². The minimum atomic E-state index is -0.355. The van der Waals surface area contributed by atoms with E-state index in [0.29, 0.717) is 17.1 Å². The molecular formula is C10H6FN3. The van der Waals surface area contributed by atoms with Crippen LogP contribution in [0.2, 0.25) is 0 Å². The van der Waals surface area contributed by atoms with E-state index in [1.165, 1.54) is 12.3 Å². The van der Waals surface area contributed by atoms with E-state index in [1.54, 1.807) is 18.2 Å². The number of hydrogen-bond donors (Lipinski definition) is 1. The molecular weight excluding hydrogens is 181 g/mol. The van der Waals surface area contributed by atoms with Gasteiger partial charge in [-0.05, 0) is 12.1 Å². The van der Waals surface area contributed by atoms with Gasteiger partial charge in [-0.25, -0.2) is 9.37 Å². The molecule has 0 aliphatic carbocycles. The highest BCUT2D eigenvalue weighted by Gasteiger charge is 2.07. The molecule has 0 bridgehead atoms. The van der Waals surface area contributed by atoms with Gasteiger partial charge in [-0.3, -0.25) is 0 Å². The predicted octanol–water partition coefficient (Wildman–Crippen LogP) is 2.09. The van der Waals surface area contributed by atoms with Crippen molar-refractivity contribution in [2.45, 2.75) is 0 Å². The number of nitriles is 1. The number of nitrogens with one attached hydrogen (secondary N) is 1. The molecule has 0 spiro atoms. The summed E-state index contributed by atoms with van der Waals surface area (Å²) >= 11 is 0. The highest BCUT2D eigenvalue weighted by Crippen LogP contribution is 2.18. The van der Waals surface area contributed by atoms with Crippen molar-refractivity contribution in [3.8, 4) is 17.5 Å². The van der Waals surface area contributed by atoms with Crippen LogP contribution in [-0.2, 0) is 0 Å². The van der Waals surface area contributed by atoms with Gasteiger partial charge in [-0.1, -0.05) is 12.1 Å². The number of aromatic nitrogens is 2. The number of hydrogen-bond acceptors (Lipinski definition) is 2. The van der Waals surface area contributed by atoms with Crippen molar-refractivity contribution >= 4 is 0 Å². The first-order valence-electron chi connectivity index (χ1n) is 4.01. The summed E-state index contributed by atoms with van der Waals surface area (Å²) in [5.41, 5.74) is 0.692. The standard InChI is InChI=1S/C10H6FN3/c11-9-4-2-1-3-8(9)10-13-6-7(5-12)14-10/h1-4,6H,(H,13,14). The summed E-state index contributed by atoms with van der Waals surface area (Å²) in [6.45, 7) is 0. The third-order valence-electron chi connectivity index (χ3n) is 1.83. The van der Waals surface area contributed by atoms with E-state index in [0.717, 1.165) is 0 Å². The molecule has 3 nitrogen and oxygen atoms in total. The molecule has 2 rings (SSSR count). The van der Waals surface area contributed by atoms with Crippen LogP contribution in [0, 0.1) is 17.1 Å². The lowest BCUT2D eigenvalue weighted by Gasteiger charge is -1.96. The van der Waals surface area contributed by atoms with Gasteiger partial charge in [0.2, 0.25) is 0 Å². The van der Waals surface area contributed by atoms with E-state index in [9.17, 15) is 4.39 Å². The van der Waals surface area contributed by atoms with E-state index in [1.807, 2.05) is 6.07 Å². The van der Waals surface area contributed by atoms with E-state index >= 15 is 0 Å². The lowest BCUT2D eigenvalue weighted by molar-refractivity contribution is 0.630. The first-order valence-corrected chi connectivity index (χ1v) is 4.01. The van der Waals surface area contributed by atoms with Gasteiger partial charge in [0.15, 0.2) is 0 Å². The van der Waals surface area contributed by atoms with Crippen LogP contribution in [0.1, 0.15) is 5.69 Å². The molecule has 0 atom stereocenters. The van der Waals surface area contributed by atoms with Crippen molar-refractivity contribution in [1.29, 1.82) is 5.26 Å². The van der Waals surface area contributed by atoms with Gasteiger partial charge >= 0.3 is 0 Å². The molecule has 0 saturated heterocycles. The van der Waals surface area contributed by atoms with E-state index in [4.69, 9.17) is 5.26 Å². The van der Waals surface area contributed by atoms with Crippen LogP contribution in [0.25, 0.3) is 11.4 Å². The van der Waals surface area contributed by atoms with Crippen molar-refractivity contribution in [2.24, 2.45) is 0 Å². The first kappa shape index (κ1) is 8.45. The summed E-state index contributed by atoms with van der Waals surface area (Å²) in [7, 11) is 0. The van der Waals surface area contributed by atoms with Crippen LogP contribution >= 0.6 is 0 Å². The van der Waals surface area contributed by atoms with Gasteiger partial charge in [0, 0.05) is 0 Å². The van der Waals surface area contributed by atoms with Gasteiger partial charge in [-0.2, -0.15) is 5.26 Å². The second kappa shape index (κ2) is 3.30. The Bertz CT molecular complexity index is 496. The molecule has 14 heavy (non-hydrogen) atoms. The van der Waals surface area contributed by atoms with Crippen LogP contribution in [0.15, 0.2) is 30.5 Å². The number of imidazole rings is 1. The summed E-state index contributed by atoms with van der Waals surface area (Å²) in [6, 6.07) is 8.17. The molecule has 4 heteroatoms. The Morgan fingerprint density at radius 3 is 2.79 bits per heavy atom. The Hall–Kier alpha value is -2.15. The molecule has 1 aromatic heterocycles. The average molecular weight is 187 g/mol. The van der Waals surface area contributed by atoms with Gasteiger partial charge in [0.05, 0.1) is 11.8 Å². The summed E-state index contributed by atoms with van der Waals surface area (Å²) in [6.07, 6.45) is 1.38. The number of H-pyrrole nitrogens is 1. The smallest absolute Gasteiger partial charge is 0.141 e. The molecule has 1 heterocycles. The van der Waals surface area contributed by atoms with Crippen molar-refractivity contribution in [1.82, 2.24) is 9.97 Å². The van der Waals surface area contributed by atoms with Crippen LogP contribution in [-0.4, -0.2) is 9.97 Å². The molecule has 0 aliphatic rings. The normalized spacial score (nSPS) is 9.71. The van der Waals surface area contributed by atoms with E-state index in [-0.39, 0.29) is 5.82 Å². The SMILES string of the molecule is N#Cc1cnc(-c2ccccc2F)[nH]1. The Balaban J connectivity index is 2.51. The molecule has 0 unspecified atom stereocenters. The highest BCUT2D eigenvalue weighted by molar-refractivity contribution is 5.56. The monoisotopic (exact) mass is 187 g/mol. The zero-order chi connectivity index (χ0) is 9.97. The van der Waals surface area contributed by atoms with Crippen LogP contribution in [0.4, 0.5) is 4.39 Å². The summed E-state index contributed by atoms with van der Waals surface area (Å²) in [5, 5.41) is 8.55. The third kappa shape index (κ3) is 1.36. The van der Waals surface area contributed by atoms with Crippen molar-refractivity contribution < 1.29 is 4.39 Å². The summed E-state index contributed by atoms with van der Waals surface area (Å²) in [5.74, 6) is 0.0194. The summed E-state index contributed by atoms with van der Waals surface area (Å²) < 4.78 is 13.2. The van der Waals surface area contributed by atoms with E-state index in [2.05, 4.69) is 9.97 Å². The van der Waals surface area contributed by atoms with Crippen molar-refractivity contribution in [3.63, 3.8) is 0 Å². The lowest BCUT2D eigenvalue weighted by atomic mass is 10.2. The number of halogens is 1. The Kier molecular flexibility index (Phi) is 1.99. The second-order valence-electron chi connectivity index (χ2n) is 2.74. The third-order valence-corrected chi connectivity index (χ3v) is 1.83. The van der Waals surface area contributed by atoms with Crippen LogP contribution in [0.3, 0.4) is 0 Å². The molecule has 0 radical (unpaired) electrons. The molecule has 68 valence electrons. The zero-order valence-electron chi connectivity index (χ0n) is 7.16. The van der Waals surface area contributed by atoms with Crippen molar-refractivity contribution in [3.05, 3.63) is 42.0 Å². The van der Waals surface area contributed by atoms with E-state index < -0.39 is 0 Å². The van der Waals surface area contributed by atoms with Gasteiger partial charge in [0.25, 0.3) is 0 Å². The maximum atomic E-state index is 13.2. The number of rotatable bonds is 1. The quantitative estimate of drug-likeness (QED) is 0.743. The Labute approximate surface area is 79.8 Å². The molecule has 0 saturated carbocycles. The fraction of sp³-hybridized carbons (Fsp3) is 0. The molecule has 1 N–H and O–H groups in total. The van der Waals surface area contributed by atoms with Crippen molar-refractivity contribution in [2.75, 3.05) is 0 Å². The Morgan fingerprint density at radius 1 is 1.36 bits per heavy atom. The topological polar surface area (TPSA) is 52.5 Å². The lowest BCUT2D eigenvalue weighted by Crippen LogP contribution is -1.85. The predicted molar refractivity (Wildman–Crippen MR) is 48.7 cm³/mol. The first-order chi connectivity index (χ1) is 6.81. The zero-order valence-corrected chi connectivity index (χ0v) is 7.16. The fourth-order valence-corrected chi connectivity index (χ4v) is 1.17. The van der Waals surface area contributed by atoms with Crippen LogP contribution in [0.5, 0.6) is 0 Å². The summed E-state index contributed by atoms with van der Waals surface area (Å²) in [4.78, 5) is 6.61. The number of aromatic amines is 1. The van der Waals surface area contributed by atoms with Gasteiger partial charge in [-0.15, -0.1) is 0 Å². The minimum absolute atomic E-state index is 0.322.